The molecule has 0 N–H and O–H groups in total. The Balaban J connectivity index is 1.79. The van der Waals surface area contributed by atoms with Crippen molar-refractivity contribution in [2.75, 3.05) is 26.7 Å². The molecule has 0 aliphatic carbocycles. The highest BCUT2D eigenvalue weighted by atomic mass is 19.1. The first-order valence-electron chi connectivity index (χ1n) is 8.76. The van der Waals surface area contributed by atoms with Gasteiger partial charge in [-0.2, -0.15) is 0 Å². The average molecular weight is 362 g/mol. The Morgan fingerprint density at radius 3 is 2.54 bits per heavy atom. The van der Waals surface area contributed by atoms with Crippen LogP contribution < -0.4 is 0 Å². The van der Waals surface area contributed by atoms with Crippen LogP contribution in [0.15, 0.2) is 18.5 Å². The number of hydrogen-bond donors (Lipinski definition) is 0. The lowest BCUT2D eigenvalue weighted by molar-refractivity contribution is -0.134. The number of nitrogens with zero attached hydrogens (tertiary/aromatic N) is 4. The smallest absolute Gasteiger partial charge is 0.327 e. The van der Waals surface area contributed by atoms with Gasteiger partial charge in [0.1, 0.15) is 5.54 Å². The number of piperidine rings is 1. The largest absolute Gasteiger partial charge is 0.338 e. The molecule has 2 saturated heterocycles. The summed E-state index contributed by atoms with van der Waals surface area (Å²) in [6.45, 7) is 5.06. The predicted molar refractivity (Wildman–Crippen MR) is 91.8 cm³/mol. The van der Waals surface area contributed by atoms with Crippen LogP contribution in [0.1, 0.15) is 37.0 Å². The van der Waals surface area contributed by atoms with E-state index in [0.29, 0.717) is 32.5 Å². The third-order valence-electron chi connectivity index (χ3n) is 5.17. The number of urea groups is 1. The summed E-state index contributed by atoms with van der Waals surface area (Å²) in [5.74, 6) is -1.07. The molecule has 26 heavy (non-hydrogen) atoms. The zero-order chi connectivity index (χ0) is 19.1. The fourth-order valence-corrected chi connectivity index (χ4v) is 3.78. The van der Waals surface area contributed by atoms with E-state index in [1.165, 1.54) is 29.1 Å². The van der Waals surface area contributed by atoms with E-state index in [1.54, 1.807) is 4.90 Å². The molecule has 8 heteroatoms. The molecule has 0 saturated carbocycles. The lowest BCUT2D eigenvalue weighted by Crippen LogP contribution is -2.58. The summed E-state index contributed by atoms with van der Waals surface area (Å²) in [7, 11) is 1.50. The lowest BCUT2D eigenvalue weighted by atomic mass is 9.85. The van der Waals surface area contributed by atoms with Gasteiger partial charge in [-0.15, -0.1) is 0 Å². The van der Waals surface area contributed by atoms with Gasteiger partial charge in [-0.3, -0.25) is 19.5 Å². The molecule has 2 fully saturated rings. The van der Waals surface area contributed by atoms with Crippen molar-refractivity contribution in [1.29, 1.82) is 0 Å². The first kappa shape index (κ1) is 18.3. The van der Waals surface area contributed by atoms with Gasteiger partial charge in [0, 0.05) is 32.9 Å². The summed E-state index contributed by atoms with van der Waals surface area (Å²) in [6.07, 6.45) is 3.09. The molecule has 1 aromatic rings. The second-order valence-electron chi connectivity index (χ2n) is 7.33. The van der Waals surface area contributed by atoms with E-state index >= 15 is 0 Å². The van der Waals surface area contributed by atoms with E-state index in [2.05, 4.69) is 4.98 Å². The van der Waals surface area contributed by atoms with Gasteiger partial charge in [-0.1, -0.05) is 13.8 Å². The van der Waals surface area contributed by atoms with Crippen LogP contribution in [-0.4, -0.2) is 69.8 Å². The van der Waals surface area contributed by atoms with Gasteiger partial charge in [0.15, 0.2) is 5.82 Å². The number of pyridine rings is 1. The van der Waals surface area contributed by atoms with Crippen molar-refractivity contribution >= 4 is 17.8 Å². The summed E-state index contributed by atoms with van der Waals surface area (Å²) >= 11 is 0. The summed E-state index contributed by atoms with van der Waals surface area (Å²) in [5.41, 5.74) is -0.926. The third kappa shape index (κ3) is 2.83. The third-order valence-corrected chi connectivity index (χ3v) is 5.17. The van der Waals surface area contributed by atoms with Crippen LogP contribution in [0.2, 0.25) is 0 Å². The zero-order valence-corrected chi connectivity index (χ0v) is 15.2. The molecule has 1 aromatic heterocycles. The fourth-order valence-electron chi connectivity index (χ4n) is 3.78. The quantitative estimate of drug-likeness (QED) is 0.768. The minimum atomic E-state index is -0.899. The maximum absolute atomic E-state index is 13.8. The second kappa shape index (κ2) is 6.66. The number of rotatable bonds is 3. The standard InChI is InChI=1S/C18H23FN4O3/c1-12(2)11-23-17(26)21(3)16(25)18(23)5-8-22(9-6-18)15(24)13-4-7-20-10-14(13)19/h4,7,10,12H,5-6,8-9,11H2,1-3H3. The van der Waals surface area contributed by atoms with Crippen LogP contribution >= 0.6 is 0 Å². The lowest BCUT2D eigenvalue weighted by Gasteiger charge is -2.42. The summed E-state index contributed by atoms with van der Waals surface area (Å²) in [6, 6.07) is 1.06. The van der Waals surface area contributed by atoms with Crippen LogP contribution in [0, 0.1) is 11.7 Å². The van der Waals surface area contributed by atoms with Crippen molar-refractivity contribution in [3.63, 3.8) is 0 Å². The van der Waals surface area contributed by atoms with Crippen LogP contribution in [0.4, 0.5) is 9.18 Å². The molecule has 3 heterocycles. The Hall–Kier alpha value is -2.51. The molecular weight excluding hydrogens is 339 g/mol. The van der Waals surface area contributed by atoms with E-state index in [9.17, 15) is 18.8 Å². The molecular formula is C18H23FN4O3. The minimum Gasteiger partial charge on any atom is -0.338 e. The highest BCUT2D eigenvalue weighted by molar-refractivity contribution is 6.07. The molecule has 2 aliphatic rings. The van der Waals surface area contributed by atoms with Gasteiger partial charge in [0.25, 0.3) is 11.8 Å². The van der Waals surface area contributed by atoms with Gasteiger partial charge in [0.2, 0.25) is 0 Å². The van der Waals surface area contributed by atoms with Gasteiger partial charge in [-0.25, -0.2) is 9.18 Å². The first-order valence-corrected chi connectivity index (χ1v) is 8.76. The fraction of sp³-hybridized carbons (Fsp3) is 0.556. The summed E-state index contributed by atoms with van der Waals surface area (Å²) < 4.78 is 13.8. The number of likely N-dealkylation sites (N-methyl/N-ethyl adjacent to an activating group) is 1. The van der Waals surface area contributed by atoms with Gasteiger partial charge in [0.05, 0.1) is 11.8 Å². The van der Waals surface area contributed by atoms with E-state index in [1.807, 2.05) is 13.8 Å². The maximum atomic E-state index is 13.8. The first-order chi connectivity index (χ1) is 12.3. The Labute approximate surface area is 151 Å². The number of aromatic nitrogens is 1. The van der Waals surface area contributed by atoms with E-state index < -0.39 is 17.3 Å². The molecule has 2 aliphatic heterocycles. The maximum Gasteiger partial charge on any atom is 0.327 e. The van der Waals surface area contributed by atoms with Crippen molar-refractivity contribution in [3.8, 4) is 0 Å². The van der Waals surface area contributed by atoms with Crippen LogP contribution in [-0.2, 0) is 4.79 Å². The molecule has 3 rings (SSSR count). The van der Waals surface area contributed by atoms with Gasteiger partial charge >= 0.3 is 6.03 Å². The van der Waals surface area contributed by atoms with E-state index in [-0.39, 0.29) is 23.4 Å². The number of halogens is 1. The molecule has 140 valence electrons. The molecule has 7 nitrogen and oxygen atoms in total. The molecule has 0 aromatic carbocycles. The Bertz CT molecular complexity index is 744. The van der Waals surface area contributed by atoms with Crippen LogP contribution in [0.5, 0.6) is 0 Å². The molecule has 0 bridgehead atoms. The average Bonchev–Trinajstić information content (AvgIpc) is 2.78. The highest BCUT2D eigenvalue weighted by Gasteiger charge is 2.57. The normalized spacial score (nSPS) is 19.8. The minimum absolute atomic E-state index is 0.0269. The van der Waals surface area contributed by atoms with Crippen molar-refractivity contribution in [1.82, 2.24) is 19.7 Å². The highest BCUT2D eigenvalue weighted by Crippen LogP contribution is 2.37. The predicted octanol–water partition coefficient (Wildman–Crippen LogP) is 1.75. The van der Waals surface area contributed by atoms with Crippen molar-refractivity contribution in [2.45, 2.75) is 32.2 Å². The second-order valence-corrected chi connectivity index (χ2v) is 7.33. The number of imide groups is 1. The molecule has 0 radical (unpaired) electrons. The number of likely N-dealkylation sites (tertiary alicyclic amines) is 1. The summed E-state index contributed by atoms with van der Waals surface area (Å²) in [4.78, 5) is 45.9. The molecule has 1 spiro atoms. The van der Waals surface area contributed by atoms with Gasteiger partial charge in [-0.05, 0) is 24.8 Å². The summed E-state index contributed by atoms with van der Waals surface area (Å²) in [5, 5.41) is 0. The monoisotopic (exact) mass is 362 g/mol. The van der Waals surface area contributed by atoms with Crippen LogP contribution in [0.3, 0.4) is 0 Å². The topological polar surface area (TPSA) is 73.8 Å². The van der Waals surface area contributed by atoms with Crippen molar-refractivity contribution in [2.24, 2.45) is 5.92 Å². The van der Waals surface area contributed by atoms with Gasteiger partial charge < -0.3 is 9.80 Å². The van der Waals surface area contributed by atoms with Crippen molar-refractivity contribution in [3.05, 3.63) is 29.8 Å². The molecule has 4 amide bonds. The number of carbonyl (C=O) groups is 3. The number of carbonyl (C=O) groups excluding carboxylic acids is 3. The number of amides is 4. The zero-order valence-electron chi connectivity index (χ0n) is 15.2. The Morgan fingerprint density at radius 2 is 1.96 bits per heavy atom. The SMILES string of the molecule is CC(C)CN1C(=O)N(C)C(=O)C12CCN(C(=O)c1ccncc1F)CC2. The van der Waals surface area contributed by atoms with E-state index in [0.717, 1.165) is 6.20 Å². The molecule has 0 atom stereocenters. The molecule has 0 unspecified atom stereocenters. The number of hydrogen-bond acceptors (Lipinski definition) is 4. The van der Waals surface area contributed by atoms with Crippen LogP contribution in [0.25, 0.3) is 0 Å². The Morgan fingerprint density at radius 1 is 1.31 bits per heavy atom. The van der Waals surface area contributed by atoms with Crippen molar-refractivity contribution < 1.29 is 18.8 Å². The Kier molecular flexibility index (Phi) is 4.68. The van der Waals surface area contributed by atoms with E-state index in [4.69, 9.17) is 0 Å².